The summed E-state index contributed by atoms with van der Waals surface area (Å²) in [5, 5.41) is 16.7. The maximum absolute atomic E-state index is 11.0. The molecule has 0 bridgehead atoms. The molecule has 8 heteroatoms. The highest BCUT2D eigenvalue weighted by Gasteiger charge is 2.09. The Hall–Kier alpha value is -2.35. The van der Waals surface area contributed by atoms with Gasteiger partial charge in [-0.2, -0.15) is 0 Å². The van der Waals surface area contributed by atoms with Crippen molar-refractivity contribution in [2.75, 3.05) is 5.75 Å². The molecule has 0 unspecified atom stereocenters. The Kier molecular flexibility index (Phi) is 3.81. The molecule has 0 aliphatic rings. The van der Waals surface area contributed by atoms with E-state index >= 15 is 0 Å². The molecule has 19 heavy (non-hydrogen) atoms. The second-order valence-electron chi connectivity index (χ2n) is 3.58. The molecule has 7 nitrogen and oxygen atoms in total. The van der Waals surface area contributed by atoms with Gasteiger partial charge < -0.3 is 10.8 Å². The minimum atomic E-state index is -0.927. The molecule has 2 aromatic rings. The predicted molar refractivity (Wildman–Crippen MR) is 68.2 cm³/mol. The lowest BCUT2D eigenvalue weighted by Crippen LogP contribution is -2.10. The van der Waals surface area contributed by atoms with Crippen molar-refractivity contribution in [2.45, 2.75) is 5.16 Å². The van der Waals surface area contributed by atoms with E-state index < -0.39 is 11.9 Å². The van der Waals surface area contributed by atoms with Crippen LogP contribution in [0.4, 0.5) is 0 Å². The van der Waals surface area contributed by atoms with Crippen LogP contribution in [-0.2, 0) is 4.79 Å². The number of rotatable bonds is 5. The molecular formula is C11H10N4O3S. The van der Waals surface area contributed by atoms with Crippen molar-refractivity contribution < 1.29 is 14.7 Å². The first-order valence-electron chi connectivity index (χ1n) is 5.23. The van der Waals surface area contributed by atoms with E-state index in [9.17, 15) is 9.59 Å². The first-order valence-corrected chi connectivity index (χ1v) is 6.21. The number of amides is 1. The standard InChI is InChI=1S/C11H10N4O3S/c12-10(18)7-1-3-8(4-2-7)15-6-13-14-11(15)19-5-9(16)17/h1-4,6H,5H2,(H2,12,18)(H,16,17). The summed E-state index contributed by atoms with van der Waals surface area (Å²) in [6.07, 6.45) is 1.48. The highest BCUT2D eigenvalue weighted by Crippen LogP contribution is 2.19. The molecule has 3 N–H and O–H groups in total. The number of hydrogen-bond donors (Lipinski definition) is 2. The van der Waals surface area contributed by atoms with Crippen molar-refractivity contribution in [3.05, 3.63) is 36.2 Å². The molecule has 1 heterocycles. The van der Waals surface area contributed by atoms with Crippen LogP contribution in [0.2, 0.25) is 0 Å². The van der Waals surface area contributed by atoms with Crippen LogP contribution >= 0.6 is 11.8 Å². The van der Waals surface area contributed by atoms with E-state index in [2.05, 4.69) is 10.2 Å². The van der Waals surface area contributed by atoms with E-state index in [0.29, 0.717) is 10.7 Å². The van der Waals surface area contributed by atoms with Crippen molar-refractivity contribution in [1.29, 1.82) is 0 Å². The molecule has 0 saturated heterocycles. The molecule has 0 fully saturated rings. The zero-order chi connectivity index (χ0) is 13.8. The lowest BCUT2D eigenvalue weighted by Gasteiger charge is -2.05. The van der Waals surface area contributed by atoms with Gasteiger partial charge >= 0.3 is 5.97 Å². The second-order valence-corrected chi connectivity index (χ2v) is 4.52. The van der Waals surface area contributed by atoms with Crippen molar-refractivity contribution in [3.8, 4) is 5.69 Å². The molecule has 0 atom stereocenters. The van der Waals surface area contributed by atoms with Crippen LogP contribution in [0.5, 0.6) is 0 Å². The third kappa shape index (κ3) is 3.10. The SMILES string of the molecule is NC(=O)c1ccc(-n2cnnc2SCC(=O)O)cc1. The Bertz CT molecular complexity index is 609. The van der Waals surface area contributed by atoms with Crippen LogP contribution in [0, 0.1) is 0 Å². The highest BCUT2D eigenvalue weighted by molar-refractivity contribution is 7.99. The monoisotopic (exact) mass is 278 g/mol. The van der Waals surface area contributed by atoms with Gasteiger partial charge in [-0.15, -0.1) is 10.2 Å². The molecule has 98 valence electrons. The van der Waals surface area contributed by atoms with E-state index in [4.69, 9.17) is 10.8 Å². The lowest BCUT2D eigenvalue weighted by atomic mass is 10.2. The Morgan fingerprint density at radius 3 is 2.58 bits per heavy atom. The number of aliphatic carboxylic acids is 1. The summed E-state index contributed by atoms with van der Waals surface area (Å²) in [7, 11) is 0. The largest absolute Gasteiger partial charge is 0.481 e. The number of carboxylic acid groups (broad SMARTS) is 1. The van der Waals surface area contributed by atoms with Crippen LogP contribution < -0.4 is 5.73 Å². The quantitative estimate of drug-likeness (QED) is 0.772. The highest BCUT2D eigenvalue weighted by atomic mass is 32.2. The first kappa shape index (κ1) is 13.1. The van der Waals surface area contributed by atoms with Crippen molar-refractivity contribution in [1.82, 2.24) is 14.8 Å². The topological polar surface area (TPSA) is 111 Å². The second kappa shape index (κ2) is 5.53. The number of nitrogens with two attached hydrogens (primary N) is 1. The molecule has 1 aromatic heterocycles. The first-order chi connectivity index (χ1) is 9.08. The fourth-order valence-electron chi connectivity index (χ4n) is 1.41. The average molecular weight is 278 g/mol. The van der Waals surface area contributed by atoms with Gasteiger partial charge in [-0.1, -0.05) is 11.8 Å². The van der Waals surface area contributed by atoms with Crippen LogP contribution in [0.3, 0.4) is 0 Å². The number of carboxylic acids is 1. The van der Waals surface area contributed by atoms with Gasteiger partial charge in [0.2, 0.25) is 5.91 Å². The Labute approximate surface area is 112 Å². The number of benzene rings is 1. The minimum absolute atomic E-state index is 0.0991. The molecule has 0 radical (unpaired) electrons. The zero-order valence-corrected chi connectivity index (χ0v) is 10.5. The maximum Gasteiger partial charge on any atom is 0.313 e. The number of aromatic nitrogens is 3. The van der Waals surface area contributed by atoms with Gasteiger partial charge in [-0.25, -0.2) is 0 Å². The lowest BCUT2D eigenvalue weighted by molar-refractivity contribution is -0.133. The van der Waals surface area contributed by atoms with Gasteiger partial charge in [0.05, 0.1) is 5.75 Å². The van der Waals surface area contributed by atoms with Crippen molar-refractivity contribution in [3.63, 3.8) is 0 Å². The van der Waals surface area contributed by atoms with E-state index in [1.807, 2.05) is 0 Å². The number of thioether (sulfide) groups is 1. The molecule has 0 saturated carbocycles. The van der Waals surface area contributed by atoms with Gasteiger partial charge in [0, 0.05) is 11.3 Å². The van der Waals surface area contributed by atoms with Gasteiger partial charge in [0.1, 0.15) is 6.33 Å². The number of primary amides is 1. The molecule has 2 rings (SSSR count). The zero-order valence-electron chi connectivity index (χ0n) is 9.68. The summed E-state index contributed by atoms with van der Waals surface area (Å²) >= 11 is 1.07. The molecule has 1 amide bonds. The van der Waals surface area contributed by atoms with E-state index in [1.165, 1.54) is 6.33 Å². The Morgan fingerprint density at radius 2 is 2.00 bits per heavy atom. The number of hydrogen-bond acceptors (Lipinski definition) is 5. The molecular weight excluding hydrogens is 268 g/mol. The van der Waals surface area contributed by atoms with Crippen molar-refractivity contribution >= 4 is 23.6 Å². The van der Waals surface area contributed by atoms with Gasteiger partial charge in [-0.3, -0.25) is 14.2 Å². The summed E-state index contributed by atoms with van der Waals surface area (Å²) in [4.78, 5) is 21.5. The summed E-state index contributed by atoms with van der Waals surface area (Å²) in [5.41, 5.74) is 6.28. The van der Waals surface area contributed by atoms with Crippen LogP contribution in [0.15, 0.2) is 35.7 Å². The molecule has 0 aliphatic carbocycles. The van der Waals surface area contributed by atoms with Gasteiger partial charge in [-0.05, 0) is 24.3 Å². The van der Waals surface area contributed by atoms with E-state index in [0.717, 1.165) is 17.4 Å². The molecule has 0 spiro atoms. The maximum atomic E-state index is 11.0. The summed E-state index contributed by atoms with van der Waals surface area (Å²) in [6, 6.07) is 6.55. The number of carbonyl (C=O) groups excluding carboxylic acids is 1. The average Bonchev–Trinajstić information content (AvgIpc) is 2.84. The van der Waals surface area contributed by atoms with Gasteiger partial charge in [0.15, 0.2) is 5.16 Å². The van der Waals surface area contributed by atoms with Crippen LogP contribution in [-0.4, -0.2) is 37.5 Å². The molecule has 1 aromatic carbocycles. The smallest absolute Gasteiger partial charge is 0.313 e. The predicted octanol–water partition coefficient (Wildman–Crippen LogP) is 0.543. The van der Waals surface area contributed by atoms with E-state index in [1.54, 1.807) is 28.8 Å². The summed E-state index contributed by atoms with van der Waals surface area (Å²) < 4.78 is 1.64. The van der Waals surface area contributed by atoms with Gasteiger partial charge in [0.25, 0.3) is 0 Å². The Balaban J connectivity index is 2.24. The van der Waals surface area contributed by atoms with E-state index in [-0.39, 0.29) is 5.75 Å². The molecule has 0 aliphatic heterocycles. The number of nitrogens with zero attached hydrogens (tertiary/aromatic N) is 3. The summed E-state index contributed by atoms with van der Waals surface area (Å²) in [5.74, 6) is -1.53. The Morgan fingerprint density at radius 1 is 1.32 bits per heavy atom. The summed E-state index contributed by atoms with van der Waals surface area (Å²) in [6.45, 7) is 0. The normalized spacial score (nSPS) is 10.3. The third-order valence-electron chi connectivity index (χ3n) is 2.27. The number of carbonyl (C=O) groups is 2. The third-order valence-corrected chi connectivity index (χ3v) is 3.20. The van der Waals surface area contributed by atoms with Crippen LogP contribution in [0.25, 0.3) is 5.69 Å². The van der Waals surface area contributed by atoms with Crippen molar-refractivity contribution in [2.24, 2.45) is 5.73 Å². The van der Waals surface area contributed by atoms with Crippen LogP contribution in [0.1, 0.15) is 10.4 Å². The fourth-order valence-corrected chi connectivity index (χ4v) is 2.06. The minimum Gasteiger partial charge on any atom is -0.481 e. The fraction of sp³-hybridized carbons (Fsp3) is 0.0909.